The van der Waals surface area contributed by atoms with Crippen molar-refractivity contribution in [2.45, 2.75) is 12.6 Å². The standard InChI is InChI=1S/C12H19N5O/c1-2-3-13-8-11-14-12(15-18-11)10-9-16-4-6-17(10)7-5-16/h2,10,13H,1,3-9H2. The number of piperazine rings is 3. The van der Waals surface area contributed by atoms with Gasteiger partial charge in [-0.2, -0.15) is 4.98 Å². The van der Waals surface area contributed by atoms with Crippen molar-refractivity contribution in [2.75, 3.05) is 39.3 Å². The molecule has 4 heterocycles. The van der Waals surface area contributed by atoms with Crippen LogP contribution in [-0.4, -0.2) is 59.2 Å². The van der Waals surface area contributed by atoms with Crippen molar-refractivity contribution in [3.63, 3.8) is 0 Å². The second kappa shape index (κ2) is 5.17. The van der Waals surface area contributed by atoms with Crippen molar-refractivity contribution in [1.82, 2.24) is 25.3 Å². The molecule has 1 N–H and O–H groups in total. The van der Waals surface area contributed by atoms with Crippen LogP contribution in [-0.2, 0) is 6.54 Å². The molecule has 0 radical (unpaired) electrons. The molecule has 1 aromatic rings. The van der Waals surface area contributed by atoms with E-state index in [1.165, 1.54) is 13.1 Å². The summed E-state index contributed by atoms with van der Waals surface area (Å²) in [6, 6.07) is 0.310. The van der Waals surface area contributed by atoms with Gasteiger partial charge in [0.2, 0.25) is 5.89 Å². The van der Waals surface area contributed by atoms with Gasteiger partial charge < -0.3 is 9.84 Å². The minimum absolute atomic E-state index is 0.310. The first-order valence-corrected chi connectivity index (χ1v) is 6.47. The molecule has 0 aliphatic carbocycles. The van der Waals surface area contributed by atoms with E-state index in [2.05, 4.69) is 31.8 Å². The Hall–Kier alpha value is -1.24. The van der Waals surface area contributed by atoms with Crippen LogP contribution in [0, 0.1) is 0 Å². The predicted molar refractivity (Wildman–Crippen MR) is 67.0 cm³/mol. The van der Waals surface area contributed by atoms with Gasteiger partial charge in [0.05, 0.1) is 12.6 Å². The van der Waals surface area contributed by atoms with Gasteiger partial charge in [0.25, 0.3) is 0 Å². The molecule has 1 unspecified atom stereocenters. The van der Waals surface area contributed by atoms with Crippen molar-refractivity contribution in [3.05, 3.63) is 24.4 Å². The molecule has 3 fully saturated rings. The van der Waals surface area contributed by atoms with Gasteiger partial charge in [-0.25, -0.2) is 0 Å². The highest BCUT2D eigenvalue weighted by molar-refractivity contribution is 5.01. The third-order valence-electron chi connectivity index (χ3n) is 3.63. The van der Waals surface area contributed by atoms with Gasteiger partial charge in [0.15, 0.2) is 5.82 Å². The Morgan fingerprint density at radius 1 is 1.39 bits per heavy atom. The summed E-state index contributed by atoms with van der Waals surface area (Å²) in [4.78, 5) is 9.40. The summed E-state index contributed by atoms with van der Waals surface area (Å²) in [6.07, 6.45) is 1.82. The lowest BCUT2D eigenvalue weighted by Crippen LogP contribution is -2.57. The summed E-state index contributed by atoms with van der Waals surface area (Å²) < 4.78 is 5.27. The Labute approximate surface area is 107 Å². The van der Waals surface area contributed by atoms with Gasteiger partial charge >= 0.3 is 0 Å². The van der Waals surface area contributed by atoms with Gasteiger partial charge in [-0.1, -0.05) is 11.2 Å². The van der Waals surface area contributed by atoms with Crippen molar-refractivity contribution in [3.8, 4) is 0 Å². The van der Waals surface area contributed by atoms with E-state index in [4.69, 9.17) is 4.52 Å². The van der Waals surface area contributed by atoms with E-state index in [1.807, 2.05) is 6.08 Å². The lowest BCUT2D eigenvalue weighted by Gasteiger charge is -2.46. The fraction of sp³-hybridized carbons (Fsp3) is 0.667. The van der Waals surface area contributed by atoms with Crippen LogP contribution < -0.4 is 5.32 Å². The Balaban J connectivity index is 1.64. The molecule has 0 saturated carbocycles. The first kappa shape index (κ1) is 11.8. The second-order valence-corrected chi connectivity index (χ2v) is 4.82. The summed E-state index contributed by atoms with van der Waals surface area (Å²) >= 11 is 0. The zero-order valence-corrected chi connectivity index (χ0v) is 10.5. The van der Waals surface area contributed by atoms with E-state index < -0.39 is 0 Å². The zero-order valence-electron chi connectivity index (χ0n) is 10.5. The van der Waals surface area contributed by atoms with Gasteiger partial charge in [0.1, 0.15) is 0 Å². The van der Waals surface area contributed by atoms with Crippen molar-refractivity contribution in [1.29, 1.82) is 0 Å². The summed E-state index contributed by atoms with van der Waals surface area (Å²) in [6.45, 7) is 10.6. The van der Waals surface area contributed by atoms with E-state index in [9.17, 15) is 0 Å². The maximum atomic E-state index is 5.27. The second-order valence-electron chi connectivity index (χ2n) is 4.82. The fourth-order valence-corrected chi connectivity index (χ4v) is 2.62. The van der Waals surface area contributed by atoms with Crippen LogP contribution in [0.2, 0.25) is 0 Å². The summed E-state index contributed by atoms with van der Waals surface area (Å²) in [5.41, 5.74) is 0. The molecule has 1 atom stereocenters. The molecule has 3 aliphatic rings. The van der Waals surface area contributed by atoms with E-state index in [-0.39, 0.29) is 0 Å². The molecule has 98 valence electrons. The Morgan fingerprint density at radius 3 is 2.89 bits per heavy atom. The molecular weight excluding hydrogens is 230 g/mol. The van der Waals surface area contributed by atoms with Crippen molar-refractivity contribution >= 4 is 0 Å². The quantitative estimate of drug-likeness (QED) is 0.586. The van der Waals surface area contributed by atoms with Crippen LogP contribution in [0.4, 0.5) is 0 Å². The average Bonchev–Trinajstić information content (AvgIpc) is 2.89. The Bertz CT molecular complexity index is 410. The summed E-state index contributed by atoms with van der Waals surface area (Å²) in [7, 11) is 0. The first-order valence-electron chi connectivity index (χ1n) is 6.47. The molecule has 0 aromatic carbocycles. The highest BCUT2D eigenvalue weighted by Crippen LogP contribution is 2.26. The van der Waals surface area contributed by atoms with Crippen LogP contribution in [0.25, 0.3) is 0 Å². The molecule has 3 aliphatic heterocycles. The van der Waals surface area contributed by atoms with Gasteiger partial charge in [-0.15, -0.1) is 6.58 Å². The van der Waals surface area contributed by atoms with Crippen molar-refractivity contribution in [2.24, 2.45) is 0 Å². The lowest BCUT2D eigenvalue weighted by atomic mass is 10.1. The average molecular weight is 249 g/mol. The van der Waals surface area contributed by atoms with Crippen LogP contribution >= 0.6 is 0 Å². The van der Waals surface area contributed by atoms with Crippen LogP contribution in [0.15, 0.2) is 17.2 Å². The van der Waals surface area contributed by atoms with Gasteiger partial charge in [0, 0.05) is 39.3 Å². The highest BCUT2D eigenvalue weighted by Gasteiger charge is 2.35. The minimum atomic E-state index is 0.310. The molecular formula is C12H19N5O. The third kappa shape index (κ3) is 2.31. The minimum Gasteiger partial charge on any atom is -0.338 e. The Morgan fingerprint density at radius 2 is 2.22 bits per heavy atom. The van der Waals surface area contributed by atoms with E-state index >= 15 is 0 Å². The molecule has 2 bridgehead atoms. The number of hydrogen-bond acceptors (Lipinski definition) is 6. The molecule has 0 spiro atoms. The first-order chi connectivity index (χ1) is 8.86. The van der Waals surface area contributed by atoms with Gasteiger partial charge in [-0.05, 0) is 0 Å². The molecule has 18 heavy (non-hydrogen) atoms. The SMILES string of the molecule is C=CCNCc1nc(C2CN3CCN2CC3)no1. The number of fused-ring (bicyclic) bond motifs is 3. The maximum absolute atomic E-state index is 5.27. The zero-order chi connectivity index (χ0) is 12.4. The maximum Gasteiger partial charge on any atom is 0.240 e. The molecule has 4 rings (SSSR count). The third-order valence-corrected chi connectivity index (χ3v) is 3.63. The number of aromatic nitrogens is 2. The normalized spacial score (nSPS) is 30.6. The monoisotopic (exact) mass is 249 g/mol. The Kier molecular flexibility index (Phi) is 3.40. The number of hydrogen-bond donors (Lipinski definition) is 1. The smallest absolute Gasteiger partial charge is 0.240 e. The van der Waals surface area contributed by atoms with E-state index in [1.54, 1.807) is 0 Å². The van der Waals surface area contributed by atoms with E-state index in [0.29, 0.717) is 18.5 Å². The molecule has 0 amide bonds. The summed E-state index contributed by atoms with van der Waals surface area (Å²) in [5.74, 6) is 1.49. The topological polar surface area (TPSA) is 57.4 Å². The number of nitrogens with zero attached hydrogens (tertiary/aromatic N) is 4. The summed E-state index contributed by atoms with van der Waals surface area (Å²) in [5, 5.41) is 7.28. The van der Waals surface area contributed by atoms with Crippen LogP contribution in [0.3, 0.4) is 0 Å². The van der Waals surface area contributed by atoms with Gasteiger partial charge in [-0.3, -0.25) is 9.80 Å². The van der Waals surface area contributed by atoms with Crippen LogP contribution in [0.1, 0.15) is 17.8 Å². The number of nitrogens with one attached hydrogen (secondary N) is 1. The fourth-order valence-electron chi connectivity index (χ4n) is 2.62. The molecule has 3 saturated heterocycles. The predicted octanol–water partition coefficient (Wildman–Crippen LogP) is 0.0175. The molecule has 6 nitrogen and oxygen atoms in total. The highest BCUT2D eigenvalue weighted by atomic mass is 16.5. The number of rotatable bonds is 5. The largest absolute Gasteiger partial charge is 0.338 e. The molecule has 6 heteroatoms. The van der Waals surface area contributed by atoms with E-state index in [0.717, 1.165) is 32.0 Å². The van der Waals surface area contributed by atoms with Crippen LogP contribution in [0.5, 0.6) is 0 Å². The molecule has 1 aromatic heterocycles. The van der Waals surface area contributed by atoms with Crippen molar-refractivity contribution < 1.29 is 4.52 Å². The lowest BCUT2D eigenvalue weighted by molar-refractivity contribution is 0.00781.